The second-order valence-corrected chi connectivity index (χ2v) is 9.94. The van der Waals surface area contributed by atoms with Crippen molar-refractivity contribution >= 4 is 28.9 Å². The largest absolute Gasteiger partial charge is 0.495 e. The standard InChI is InChI=1S/C31H36N4O3/c1-38-29-13-7-6-12-28(29)34-20-18-33(19-21-34)27-15-14-25(32-30(36)22-24-10-4-2-5-11-24)23-26(27)31(37)35-16-8-3-9-17-35/h2,4-7,10-15,23H,3,8-9,16-22H2,1H3,(H,32,36). The van der Waals surface area contributed by atoms with E-state index >= 15 is 0 Å². The molecule has 2 fully saturated rings. The maximum absolute atomic E-state index is 13.7. The Labute approximate surface area is 225 Å². The number of hydrogen-bond acceptors (Lipinski definition) is 5. The van der Waals surface area contributed by atoms with E-state index in [1.807, 2.05) is 71.6 Å². The second kappa shape index (κ2) is 12.0. The van der Waals surface area contributed by atoms with Gasteiger partial charge in [-0.15, -0.1) is 0 Å². The maximum atomic E-state index is 13.7. The van der Waals surface area contributed by atoms with Crippen LogP contribution < -0.4 is 19.9 Å². The lowest BCUT2D eigenvalue weighted by atomic mass is 10.0. The van der Waals surface area contributed by atoms with Crippen LogP contribution in [0.5, 0.6) is 5.75 Å². The van der Waals surface area contributed by atoms with Crippen LogP contribution in [0.4, 0.5) is 17.1 Å². The summed E-state index contributed by atoms with van der Waals surface area (Å²) < 4.78 is 5.57. The van der Waals surface area contributed by atoms with Crippen molar-refractivity contribution in [3.63, 3.8) is 0 Å². The van der Waals surface area contributed by atoms with Gasteiger partial charge in [0.2, 0.25) is 5.91 Å². The Morgan fingerprint density at radius 3 is 2.13 bits per heavy atom. The molecule has 38 heavy (non-hydrogen) atoms. The van der Waals surface area contributed by atoms with Crippen molar-refractivity contribution in [3.05, 3.63) is 83.9 Å². The van der Waals surface area contributed by atoms with E-state index in [-0.39, 0.29) is 11.8 Å². The van der Waals surface area contributed by atoms with Crippen LogP contribution in [0.3, 0.4) is 0 Å². The van der Waals surface area contributed by atoms with E-state index in [4.69, 9.17) is 4.74 Å². The number of carbonyl (C=O) groups excluding carboxylic acids is 2. The molecule has 2 saturated heterocycles. The third-order valence-electron chi connectivity index (χ3n) is 7.41. The van der Waals surface area contributed by atoms with Crippen LogP contribution in [0.2, 0.25) is 0 Å². The molecule has 0 aromatic heterocycles. The molecule has 198 valence electrons. The Hall–Kier alpha value is -4.00. The quantitative estimate of drug-likeness (QED) is 0.491. The maximum Gasteiger partial charge on any atom is 0.256 e. The number of ether oxygens (including phenoxy) is 1. The highest BCUT2D eigenvalue weighted by Crippen LogP contribution is 2.32. The van der Waals surface area contributed by atoms with Crippen LogP contribution in [0.25, 0.3) is 0 Å². The third-order valence-corrected chi connectivity index (χ3v) is 7.41. The van der Waals surface area contributed by atoms with E-state index in [1.165, 1.54) is 0 Å². The Bertz CT molecular complexity index is 1250. The van der Waals surface area contributed by atoms with Crippen LogP contribution in [0, 0.1) is 0 Å². The number of amides is 2. The number of methoxy groups -OCH3 is 1. The molecule has 3 aromatic rings. The summed E-state index contributed by atoms with van der Waals surface area (Å²) in [6.07, 6.45) is 3.53. The molecule has 0 unspecified atom stereocenters. The van der Waals surface area contributed by atoms with Crippen LogP contribution in [-0.4, -0.2) is 63.1 Å². The summed E-state index contributed by atoms with van der Waals surface area (Å²) >= 11 is 0. The van der Waals surface area contributed by atoms with E-state index < -0.39 is 0 Å². The Morgan fingerprint density at radius 2 is 1.42 bits per heavy atom. The number of piperazine rings is 1. The first-order valence-electron chi connectivity index (χ1n) is 13.5. The number of nitrogens with zero attached hydrogens (tertiary/aromatic N) is 3. The molecular formula is C31H36N4O3. The minimum Gasteiger partial charge on any atom is -0.495 e. The SMILES string of the molecule is COc1ccccc1N1CCN(c2ccc(NC(=O)Cc3ccccc3)cc2C(=O)N2CCCCC2)CC1. The molecule has 2 amide bonds. The third kappa shape index (κ3) is 5.93. The van der Waals surface area contributed by atoms with E-state index in [1.54, 1.807) is 7.11 Å². The van der Waals surface area contributed by atoms with Crippen LogP contribution in [0.1, 0.15) is 35.2 Å². The smallest absolute Gasteiger partial charge is 0.256 e. The fraction of sp³-hybridized carbons (Fsp3) is 0.355. The average molecular weight is 513 g/mol. The zero-order valence-corrected chi connectivity index (χ0v) is 22.1. The summed E-state index contributed by atoms with van der Waals surface area (Å²) in [5.41, 5.74) is 4.30. The van der Waals surface area contributed by atoms with Crippen LogP contribution >= 0.6 is 0 Å². The molecule has 1 N–H and O–H groups in total. The van der Waals surface area contributed by atoms with Gasteiger partial charge in [-0.05, 0) is 55.2 Å². The van der Waals surface area contributed by atoms with Crippen molar-refractivity contribution in [2.75, 3.05) is 61.5 Å². The summed E-state index contributed by atoms with van der Waals surface area (Å²) in [5.74, 6) is 0.828. The number of piperidine rings is 1. The predicted molar refractivity (Wildman–Crippen MR) is 152 cm³/mol. The molecule has 2 aliphatic rings. The van der Waals surface area contributed by atoms with Gasteiger partial charge in [-0.1, -0.05) is 42.5 Å². The van der Waals surface area contributed by atoms with Crippen molar-refractivity contribution in [2.24, 2.45) is 0 Å². The van der Waals surface area contributed by atoms with E-state index in [9.17, 15) is 9.59 Å². The lowest BCUT2D eigenvalue weighted by Crippen LogP contribution is -2.47. The Balaban J connectivity index is 1.35. The molecule has 0 spiro atoms. The van der Waals surface area contributed by atoms with Gasteiger partial charge in [0.25, 0.3) is 5.91 Å². The van der Waals surface area contributed by atoms with Gasteiger partial charge in [0.1, 0.15) is 5.75 Å². The van der Waals surface area contributed by atoms with Gasteiger partial charge >= 0.3 is 0 Å². The molecule has 2 aliphatic heterocycles. The van der Waals surface area contributed by atoms with Crippen molar-refractivity contribution in [3.8, 4) is 5.75 Å². The summed E-state index contributed by atoms with van der Waals surface area (Å²) in [6, 6.07) is 23.6. The van der Waals surface area contributed by atoms with Crippen LogP contribution in [0.15, 0.2) is 72.8 Å². The highest BCUT2D eigenvalue weighted by atomic mass is 16.5. The average Bonchev–Trinajstić information content (AvgIpc) is 2.98. The number of anilines is 3. The number of rotatable bonds is 7. The Kier molecular flexibility index (Phi) is 8.12. The van der Waals surface area contributed by atoms with Crippen molar-refractivity contribution in [2.45, 2.75) is 25.7 Å². The summed E-state index contributed by atoms with van der Waals surface area (Å²) in [6.45, 7) is 4.80. The number of para-hydroxylation sites is 2. The molecular weight excluding hydrogens is 476 g/mol. The number of benzene rings is 3. The summed E-state index contributed by atoms with van der Waals surface area (Å²) in [5, 5.41) is 3.01. The highest BCUT2D eigenvalue weighted by Gasteiger charge is 2.26. The topological polar surface area (TPSA) is 65.1 Å². The molecule has 0 aliphatic carbocycles. The molecule has 0 bridgehead atoms. The molecule has 7 nitrogen and oxygen atoms in total. The first kappa shape index (κ1) is 25.6. The van der Waals surface area contributed by atoms with Crippen molar-refractivity contribution in [1.82, 2.24) is 4.90 Å². The first-order valence-corrected chi connectivity index (χ1v) is 13.5. The molecule has 0 radical (unpaired) electrons. The molecule has 0 atom stereocenters. The lowest BCUT2D eigenvalue weighted by molar-refractivity contribution is -0.115. The second-order valence-electron chi connectivity index (χ2n) is 9.94. The minimum absolute atomic E-state index is 0.0472. The minimum atomic E-state index is -0.0919. The van der Waals surface area contributed by atoms with Gasteiger partial charge < -0.3 is 24.8 Å². The van der Waals surface area contributed by atoms with Crippen molar-refractivity contribution in [1.29, 1.82) is 0 Å². The predicted octanol–water partition coefficient (Wildman–Crippen LogP) is 4.83. The number of likely N-dealkylation sites (tertiary alicyclic amines) is 1. The zero-order valence-electron chi connectivity index (χ0n) is 22.1. The number of nitrogens with one attached hydrogen (secondary N) is 1. The monoisotopic (exact) mass is 512 g/mol. The summed E-state index contributed by atoms with van der Waals surface area (Å²) in [7, 11) is 1.70. The fourth-order valence-electron chi connectivity index (χ4n) is 5.39. The van der Waals surface area contributed by atoms with E-state index in [2.05, 4.69) is 21.2 Å². The van der Waals surface area contributed by atoms with E-state index in [0.717, 1.165) is 81.2 Å². The summed E-state index contributed by atoms with van der Waals surface area (Å²) in [4.78, 5) is 33.0. The molecule has 0 saturated carbocycles. The van der Waals surface area contributed by atoms with Gasteiger partial charge in [-0.2, -0.15) is 0 Å². The fourth-order valence-corrected chi connectivity index (χ4v) is 5.39. The van der Waals surface area contributed by atoms with Gasteiger partial charge in [-0.25, -0.2) is 0 Å². The molecule has 3 aromatic carbocycles. The lowest BCUT2D eigenvalue weighted by Gasteiger charge is -2.39. The van der Waals surface area contributed by atoms with Crippen molar-refractivity contribution < 1.29 is 14.3 Å². The Morgan fingerprint density at radius 1 is 0.763 bits per heavy atom. The van der Waals surface area contributed by atoms with Gasteiger partial charge in [-0.3, -0.25) is 9.59 Å². The van der Waals surface area contributed by atoms with Gasteiger partial charge in [0.05, 0.1) is 24.8 Å². The molecule has 7 heteroatoms. The number of hydrogen-bond donors (Lipinski definition) is 1. The van der Waals surface area contributed by atoms with Gasteiger partial charge in [0.15, 0.2) is 0 Å². The molecule has 2 heterocycles. The van der Waals surface area contributed by atoms with E-state index in [0.29, 0.717) is 17.7 Å². The van der Waals surface area contributed by atoms with Crippen LogP contribution in [-0.2, 0) is 11.2 Å². The highest BCUT2D eigenvalue weighted by molar-refractivity contribution is 6.02. The van der Waals surface area contributed by atoms with Gasteiger partial charge in [0, 0.05) is 50.6 Å². The normalized spacial score (nSPS) is 15.8. The first-order chi connectivity index (χ1) is 18.6. The molecule has 5 rings (SSSR count). The zero-order chi connectivity index (χ0) is 26.3. The number of carbonyl (C=O) groups is 2.